The minimum atomic E-state index is 0.109. The first-order chi connectivity index (χ1) is 9.71. The van der Waals surface area contributed by atoms with E-state index in [0.29, 0.717) is 5.92 Å². The van der Waals surface area contributed by atoms with Crippen LogP contribution in [0.25, 0.3) is 0 Å². The Labute approximate surface area is 130 Å². The highest BCUT2D eigenvalue weighted by Crippen LogP contribution is 2.21. The molecule has 120 valence electrons. The van der Waals surface area contributed by atoms with Gasteiger partial charge in [-0.25, -0.2) is 4.98 Å². The maximum Gasteiger partial charge on any atom is 0.214 e. The Hall–Kier alpha value is -1.09. The van der Waals surface area contributed by atoms with Gasteiger partial charge in [-0.1, -0.05) is 27.2 Å². The highest BCUT2D eigenvalue weighted by molar-refractivity contribution is 5.27. The van der Waals surface area contributed by atoms with Crippen LogP contribution in [0.4, 0.5) is 0 Å². The molecule has 0 fully saturated rings. The Morgan fingerprint density at radius 2 is 1.86 bits per heavy atom. The standard InChI is InChI=1S/C18H32N2O/c1-8-9-14(4)21-17-11-15(12-19-18(5,6)7)10-16(20-17)13(2)3/h10-11,13-14,19H,8-9,12H2,1-7H3. The Kier molecular flexibility index (Phi) is 6.66. The van der Waals surface area contributed by atoms with Gasteiger partial charge in [0.25, 0.3) is 0 Å². The number of rotatable bonds is 7. The van der Waals surface area contributed by atoms with Crippen LogP contribution in [-0.4, -0.2) is 16.6 Å². The second-order valence-corrected chi connectivity index (χ2v) is 7.21. The third kappa shape index (κ3) is 6.94. The van der Waals surface area contributed by atoms with Crippen LogP contribution in [0.3, 0.4) is 0 Å². The lowest BCUT2D eigenvalue weighted by atomic mass is 10.1. The lowest BCUT2D eigenvalue weighted by molar-refractivity contribution is 0.200. The molecule has 3 heteroatoms. The molecule has 0 spiro atoms. The van der Waals surface area contributed by atoms with Crippen LogP contribution in [0.5, 0.6) is 5.88 Å². The van der Waals surface area contributed by atoms with E-state index in [2.05, 4.69) is 70.9 Å². The van der Waals surface area contributed by atoms with E-state index in [1.165, 1.54) is 5.56 Å². The van der Waals surface area contributed by atoms with Gasteiger partial charge in [0.2, 0.25) is 5.88 Å². The highest BCUT2D eigenvalue weighted by Gasteiger charge is 2.12. The summed E-state index contributed by atoms with van der Waals surface area (Å²) in [5, 5.41) is 3.53. The second kappa shape index (κ2) is 7.79. The van der Waals surface area contributed by atoms with Gasteiger partial charge in [-0.05, 0) is 51.7 Å². The minimum Gasteiger partial charge on any atom is -0.475 e. The van der Waals surface area contributed by atoms with Crippen molar-refractivity contribution in [3.8, 4) is 5.88 Å². The zero-order valence-corrected chi connectivity index (χ0v) is 14.8. The van der Waals surface area contributed by atoms with Crippen molar-refractivity contribution in [2.45, 2.75) is 85.4 Å². The lowest BCUT2D eigenvalue weighted by Gasteiger charge is -2.21. The van der Waals surface area contributed by atoms with Crippen LogP contribution in [0.2, 0.25) is 0 Å². The van der Waals surface area contributed by atoms with Crippen LogP contribution in [0.15, 0.2) is 12.1 Å². The number of pyridine rings is 1. The first-order valence-corrected chi connectivity index (χ1v) is 8.13. The van der Waals surface area contributed by atoms with Gasteiger partial charge in [-0.15, -0.1) is 0 Å². The third-order valence-corrected chi connectivity index (χ3v) is 3.31. The van der Waals surface area contributed by atoms with E-state index >= 15 is 0 Å². The fourth-order valence-electron chi connectivity index (χ4n) is 2.08. The Morgan fingerprint density at radius 3 is 2.38 bits per heavy atom. The first kappa shape index (κ1) is 18.0. The third-order valence-electron chi connectivity index (χ3n) is 3.31. The van der Waals surface area contributed by atoms with Gasteiger partial charge in [0, 0.05) is 23.8 Å². The molecular weight excluding hydrogens is 260 g/mol. The monoisotopic (exact) mass is 292 g/mol. The van der Waals surface area contributed by atoms with Crippen LogP contribution in [0.1, 0.15) is 78.5 Å². The molecule has 0 aliphatic heterocycles. The normalized spacial score (nSPS) is 13.5. The average Bonchev–Trinajstić information content (AvgIpc) is 2.35. The summed E-state index contributed by atoms with van der Waals surface area (Å²) in [6.45, 7) is 16.0. The first-order valence-electron chi connectivity index (χ1n) is 8.13. The van der Waals surface area contributed by atoms with Crippen molar-refractivity contribution in [1.82, 2.24) is 10.3 Å². The molecule has 0 radical (unpaired) electrons. The van der Waals surface area contributed by atoms with Gasteiger partial charge in [0.1, 0.15) is 0 Å². The molecule has 1 unspecified atom stereocenters. The van der Waals surface area contributed by atoms with Crippen molar-refractivity contribution in [2.24, 2.45) is 0 Å². The van der Waals surface area contributed by atoms with E-state index in [4.69, 9.17) is 4.74 Å². The van der Waals surface area contributed by atoms with E-state index < -0.39 is 0 Å². The van der Waals surface area contributed by atoms with E-state index in [1.54, 1.807) is 0 Å². The number of nitrogens with zero attached hydrogens (tertiary/aromatic N) is 1. The molecule has 0 amide bonds. The van der Waals surface area contributed by atoms with Gasteiger partial charge < -0.3 is 10.1 Å². The molecule has 1 atom stereocenters. The summed E-state index contributed by atoms with van der Waals surface area (Å²) in [4.78, 5) is 4.65. The molecule has 1 N–H and O–H groups in total. The summed E-state index contributed by atoms with van der Waals surface area (Å²) < 4.78 is 5.98. The highest BCUT2D eigenvalue weighted by atomic mass is 16.5. The Morgan fingerprint density at radius 1 is 1.19 bits per heavy atom. The van der Waals surface area contributed by atoms with Crippen LogP contribution >= 0.6 is 0 Å². The molecule has 0 aliphatic rings. The molecule has 0 aromatic carbocycles. The minimum absolute atomic E-state index is 0.109. The quantitative estimate of drug-likeness (QED) is 0.793. The van der Waals surface area contributed by atoms with Crippen LogP contribution in [-0.2, 0) is 6.54 Å². The van der Waals surface area contributed by atoms with Crippen molar-refractivity contribution in [1.29, 1.82) is 0 Å². The van der Waals surface area contributed by atoms with E-state index in [0.717, 1.165) is 31.0 Å². The van der Waals surface area contributed by atoms with E-state index in [9.17, 15) is 0 Å². The Bertz CT molecular complexity index is 435. The summed E-state index contributed by atoms with van der Waals surface area (Å²) in [5.74, 6) is 1.16. The summed E-state index contributed by atoms with van der Waals surface area (Å²) in [6.07, 6.45) is 2.40. The number of ether oxygens (including phenoxy) is 1. The maximum absolute atomic E-state index is 5.98. The average molecular weight is 292 g/mol. The summed E-state index contributed by atoms with van der Waals surface area (Å²) in [6, 6.07) is 4.25. The Balaban J connectivity index is 2.89. The SMILES string of the molecule is CCCC(C)Oc1cc(CNC(C)(C)C)cc(C(C)C)n1. The second-order valence-electron chi connectivity index (χ2n) is 7.21. The topological polar surface area (TPSA) is 34.1 Å². The van der Waals surface area contributed by atoms with Crippen molar-refractivity contribution < 1.29 is 4.74 Å². The number of hydrogen-bond acceptors (Lipinski definition) is 3. The molecule has 0 saturated heterocycles. The van der Waals surface area contributed by atoms with Crippen LogP contribution < -0.4 is 10.1 Å². The van der Waals surface area contributed by atoms with Gasteiger partial charge in [0.15, 0.2) is 0 Å². The predicted octanol–water partition coefficient (Wildman–Crippen LogP) is 4.66. The molecule has 0 saturated carbocycles. The number of nitrogens with one attached hydrogen (secondary N) is 1. The fourth-order valence-corrected chi connectivity index (χ4v) is 2.08. The zero-order chi connectivity index (χ0) is 16.0. The van der Waals surface area contributed by atoms with Gasteiger partial charge in [0.05, 0.1) is 6.10 Å². The summed E-state index contributed by atoms with van der Waals surface area (Å²) >= 11 is 0. The predicted molar refractivity (Wildman–Crippen MR) is 89.9 cm³/mol. The maximum atomic E-state index is 5.98. The molecule has 1 aromatic rings. The molecule has 1 rings (SSSR count). The molecule has 21 heavy (non-hydrogen) atoms. The van der Waals surface area contributed by atoms with Gasteiger partial charge in [-0.2, -0.15) is 0 Å². The van der Waals surface area contributed by atoms with Crippen molar-refractivity contribution in [3.63, 3.8) is 0 Å². The summed E-state index contributed by atoms with van der Waals surface area (Å²) in [5.41, 5.74) is 2.45. The van der Waals surface area contributed by atoms with E-state index in [1.807, 2.05) is 0 Å². The van der Waals surface area contributed by atoms with Gasteiger partial charge >= 0.3 is 0 Å². The zero-order valence-electron chi connectivity index (χ0n) is 14.8. The van der Waals surface area contributed by atoms with Crippen LogP contribution in [0, 0.1) is 0 Å². The summed E-state index contributed by atoms with van der Waals surface area (Å²) in [7, 11) is 0. The largest absolute Gasteiger partial charge is 0.475 e. The number of aromatic nitrogens is 1. The van der Waals surface area contributed by atoms with Crippen molar-refractivity contribution in [2.75, 3.05) is 0 Å². The molecule has 0 aliphatic carbocycles. The molecule has 3 nitrogen and oxygen atoms in total. The smallest absolute Gasteiger partial charge is 0.214 e. The molecule has 1 aromatic heterocycles. The molecular formula is C18H32N2O. The fraction of sp³-hybridized carbons (Fsp3) is 0.722. The van der Waals surface area contributed by atoms with Crippen molar-refractivity contribution in [3.05, 3.63) is 23.4 Å². The van der Waals surface area contributed by atoms with E-state index in [-0.39, 0.29) is 11.6 Å². The lowest BCUT2D eigenvalue weighted by Crippen LogP contribution is -2.35. The van der Waals surface area contributed by atoms with Crippen molar-refractivity contribution >= 4 is 0 Å². The molecule has 1 heterocycles. The molecule has 0 bridgehead atoms. The number of hydrogen-bond donors (Lipinski definition) is 1. The van der Waals surface area contributed by atoms with Gasteiger partial charge in [-0.3, -0.25) is 0 Å².